The molecule has 0 N–H and O–H groups in total. The Kier molecular flexibility index (Phi) is 3.63. The third-order valence-electron chi connectivity index (χ3n) is 2.35. The zero-order chi connectivity index (χ0) is 10.8. The SMILES string of the molecule is CCC(=O)CN1CCCN(C)S1(=O)=O. The van der Waals surface area contributed by atoms with Gasteiger partial charge in [0.15, 0.2) is 0 Å². The van der Waals surface area contributed by atoms with Gasteiger partial charge in [0.2, 0.25) is 0 Å². The molecule has 1 rings (SSSR count). The summed E-state index contributed by atoms with van der Waals surface area (Å²) in [4.78, 5) is 11.1. The molecule has 1 aliphatic heterocycles. The van der Waals surface area contributed by atoms with Crippen molar-refractivity contribution in [2.75, 3.05) is 26.7 Å². The predicted molar refractivity (Wildman–Crippen MR) is 53.0 cm³/mol. The van der Waals surface area contributed by atoms with Crippen molar-refractivity contribution in [3.63, 3.8) is 0 Å². The molecule has 1 saturated heterocycles. The summed E-state index contributed by atoms with van der Waals surface area (Å²) in [6.07, 6.45) is 1.17. The van der Waals surface area contributed by atoms with E-state index in [4.69, 9.17) is 0 Å². The summed E-state index contributed by atoms with van der Waals surface area (Å²) < 4.78 is 25.9. The van der Waals surface area contributed by atoms with Crippen molar-refractivity contribution in [3.8, 4) is 0 Å². The first kappa shape index (κ1) is 11.6. The summed E-state index contributed by atoms with van der Waals surface area (Å²) >= 11 is 0. The molecule has 0 radical (unpaired) electrons. The first-order chi connectivity index (χ1) is 6.48. The van der Waals surface area contributed by atoms with Crippen LogP contribution in [0.1, 0.15) is 19.8 Å². The van der Waals surface area contributed by atoms with Gasteiger partial charge in [-0.3, -0.25) is 4.79 Å². The van der Waals surface area contributed by atoms with Gasteiger partial charge in [-0.25, -0.2) is 0 Å². The van der Waals surface area contributed by atoms with Crippen LogP contribution in [0.15, 0.2) is 0 Å². The Labute approximate surface area is 84.9 Å². The Hall–Kier alpha value is -0.460. The van der Waals surface area contributed by atoms with Crippen LogP contribution in [0.25, 0.3) is 0 Å². The molecule has 1 heterocycles. The predicted octanol–water partition coefficient (Wildman–Crippen LogP) is -0.152. The summed E-state index contributed by atoms with van der Waals surface area (Å²) in [6, 6.07) is 0. The van der Waals surface area contributed by atoms with Gasteiger partial charge in [0.25, 0.3) is 10.2 Å². The lowest BCUT2D eigenvalue weighted by Crippen LogP contribution is -2.49. The average Bonchev–Trinajstić information content (AvgIpc) is 2.13. The standard InChI is InChI=1S/C8H16N2O3S/c1-3-8(11)7-10-6-4-5-9(2)14(10,12)13/h3-7H2,1-2H3. The molecule has 0 bridgehead atoms. The molecule has 0 aromatic heterocycles. The van der Waals surface area contributed by atoms with E-state index in [0.29, 0.717) is 19.5 Å². The van der Waals surface area contributed by atoms with Crippen molar-refractivity contribution in [2.45, 2.75) is 19.8 Å². The van der Waals surface area contributed by atoms with Crippen molar-refractivity contribution >= 4 is 16.0 Å². The number of rotatable bonds is 3. The van der Waals surface area contributed by atoms with Gasteiger partial charge in [-0.05, 0) is 6.42 Å². The third-order valence-corrected chi connectivity index (χ3v) is 4.28. The Morgan fingerprint density at radius 1 is 1.36 bits per heavy atom. The lowest BCUT2D eigenvalue weighted by atomic mass is 10.3. The number of hydrogen-bond acceptors (Lipinski definition) is 3. The number of Topliss-reactive ketones (excluding diaryl/α,β-unsaturated/α-hetero) is 1. The zero-order valence-corrected chi connectivity index (χ0v) is 9.38. The highest BCUT2D eigenvalue weighted by Gasteiger charge is 2.31. The summed E-state index contributed by atoms with van der Waals surface area (Å²) in [5.41, 5.74) is 0. The van der Waals surface area contributed by atoms with E-state index in [1.807, 2.05) is 0 Å². The smallest absolute Gasteiger partial charge is 0.282 e. The first-order valence-electron chi connectivity index (χ1n) is 4.71. The minimum Gasteiger partial charge on any atom is -0.298 e. The van der Waals surface area contributed by atoms with Crippen molar-refractivity contribution in [1.29, 1.82) is 0 Å². The fourth-order valence-electron chi connectivity index (χ4n) is 1.37. The second-order valence-electron chi connectivity index (χ2n) is 3.41. The van der Waals surface area contributed by atoms with Gasteiger partial charge in [0, 0.05) is 26.6 Å². The van der Waals surface area contributed by atoms with E-state index < -0.39 is 10.2 Å². The van der Waals surface area contributed by atoms with E-state index in [2.05, 4.69) is 0 Å². The topological polar surface area (TPSA) is 57.7 Å². The molecule has 1 aliphatic rings. The van der Waals surface area contributed by atoms with Gasteiger partial charge >= 0.3 is 0 Å². The third kappa shape index (κ3) is 2.31. The van der Waals surface area contributed by atoms with Gasteiger partial charge in [0.1, 0.15) is 5.78 Å². The Morgan fingerprint density at radius 2 is 2.00 bits per heavy atom. The number of ketones is 1. The minimum atomic E-state index is -3.36. The molecule has 0 atom stereocenters. The van der Waals surface area contributed by atoms with E-state index in [-0.39, 0.29) is 12.3 Å². The summed E-state index contributed by atoms with van der Waals surface area (Å²) in [5, 5.41) is 0. The molecular weight excluding hydrogens is 204 g/mol. The van der Waals surface area contributed by atoms with E-state index >= 15 is 0 Å². The molecule has 0 amide bonds. The van der Waals surface area contributed by atoms with Crippen LogP contribution in [0.3, 0.4) is 0 Å². The van der Waals surface area contributed by atoms with E-state index in [9.17, 15) is 13.2 Å². The first-order valence-corrected chi connectivity index (χ1v) is 6.11. The van der Waals surface area contributed by atoms with Gasteiger partial charge in [-0.2, -0.15) is 17.0 Å². The summed E-state index contributed by atoms with van der Waals surface area (Å²) in [7, 11) is -1.82. The summed E-state index contributed by atoms with van der Waals surface area (Å²) in [6.45, 7) is 2.75. The lowest BCUT2D eigenvalue weighted by molar-refractivity contribution is -0.119. The normalized spacial score (nSPS) is 23.6. The van der Waals surface area contributed by atoms with Crippen molar-refractivity contribution in [3.05, 3.63) is 0 Å². The lowest BCUT2D eigenvalue weighted by Gasteiger charge is -2.31. The Morgan fingerprint density at radius 3 is 2.57 bits per heavy atom. The van der Waals surface area contributed by atoms with Crippen LogP contribution in [0.4, 0.5) is 0 Å². The van der Waals surface area contributed by atoms with Crippen LogP contribution in [-0.4, -0.2) is 49.5 Å². The molecule has 0 aromatic rings. The minimum absolute atomic E-state index is 0.0170. The van der Waals surface area contributed by atoms with Gasteiger partial charge in [-0.1, -0.05) is 6.92 Å². The van der Waals surface area contributed by atoms with Gasteiger partial charge < -0.3 is 0 Å². The molecule has 0 spiro atoms. The van der Waals surface area contributed by atoms with E-state index in [1.165, 1.54) is 15.7 Å². The maximum absolute atomic E-state index is 11.7. The fourth-order valence-corrected chi connectivity index (χ4v) is 2.79. The van der Waals surface area contributed by atoms with Crippen LogP contribution in [0, 0.1) is 0 Å². The van der Waals surface area contributed by atoms with Crippen LogP contribution >= 0.6 is 0 Å². The average molecular weight is 220 g/mol. The highest BCUT2D eigenvalue weighted by atomic mass is 32.2. The zero-order valence-electron chi connectivity index (χ0n) is 8.56. The highest BCUT2D eigenvalue weighted by Crippen LogP contribution is 2.13. The molecule has 5 nitrogen and oxygen atoms in total. The number of carbonyl (C=O) groups excluding carboxylic acids is 1. The van der Waals surface area contributed by atoms with Crippen molar-refractivity contribution in [1.82, 2.24) is 8.61 Å². The fraction of sp³-hybridized carbons (Fsp3) is 0.875. The maximum atomic E-state index is 11.7. The van der Waals surface area contributed by atoms with Crippen LogP contribution in [-0.2, 0) is 15.0 Å². The Balaban J connectivity index is 2.73. The quantitative estimate of drug-likeness (QED) is 0.664. The Bertz CT molecular complexity index is 313. The number of nitrogens with zero attached hydrogens (tertiary/aromatic N) is 2. The van der Waals surface area contributed by atoms with E-state index in [0.717, 1.165) is 6.42 Å². The highest BCUT2D eigenvalue weighted by molar-refractivity contribution is 7.86. The van der Waals surface area contributed by atoms with Gasteiger partial charge in [0.05, 0.1) is 6.54 Å². The van der Waals surface area contributed by atoms with Crippen molar-refractivity contribution < 1.29 is 13.2 Å². The second kappa shape index (κ2) is 4.37. The molecular formula is C8H16N2O3S. The van der Waals surface area contributed by atoms with Crippen molar-refractivity contribution in [2.24, 2.45) is 0 Å². The summed E-state index contributed by atoms with van der Waals surface area (Å²) in [5.74, 6) is -0.0381. The van der Waals surface area contributed by atoms with E-state index in [1.54, 1.807) is 6.92 Å². The van der Waals surface area contributed by atoms with Crippen LogP contribution in [0.2, 0.25) is 0 Å². The number of carbonyl (C=O) groups is 1. The molecule has 0 unspecified atom stereocenters. The number of hydrogen-bond donors (Lipinski definition) is 0. The molecule has 82 valence electrons. The molecule has 1 fully saturated rings. The second-order valence-corrected chi connectivity index (χ2v) is 5.44. The molecule has 6 heteroatoms. The van der Waals surface area contributed by atoms with Crippen LogP contribution in [0.5, 0.6) is 0 Å². The monoisotopic (exact) mass is 220 g/mol. The maximum Gasteiger partial charge on any atom is 0.282 e. The molecule has 0 aliphatic carbocycles. The largest absolute Gasteiger partial charge is 0.298 e. The molecule has 0 aromatic carbocycles. The van der Waals surface area contributed by atoms with Crippen LogP contribution < -0.4 is 0 Å². The van der Waals surface area contributed by atoms with Gasteiger partial charge in [-0.15, -0.1) is 0 Å². The molecule has 0 saturated carbocycles. The molecule has 14 heavy (non-hydrogen) atoms.